The fraction of sp³-hybridized carbons (Fsp3) is 0.217. The number of nitrogens with zero attached hydrogens (tertiary/aromatic N) is 1. The second-order valence-electron chi connectivity index (χ2n) is 13.8. The number of epoxide rings is 1. The molecular formula is C46H42N2O8. The molecule has 10 heteroatoms. The maximum absolute atomic E-state index is 14.3. The fourth-order valence-electron chi connectivity index (χ4n) is 6.71. The highest BCUT2D eigenvalue weighted by atomic mass is 16.6. The number of amides is 2. The van der Waals surface area contributed by atoms with Crippen LogP contribution < -0.4 is 5.32 Å². The maximum atomic E-state index is 14.3. The van der Waals surface area contributed by atoms with Crippen LogP contribution in [0, 0.1) is 0 Å². The molecule has 2 fully saturated rings. The highest BCUT2D eigenvalue weighted by Gasteiger charge is 2.54. The van der Waals surface area contributed by atoms with E-state index in [1.54, 1.807) is 44.2 Å². The summed E-state index contributed by atoms with van der Waals surface area (Å²) in [6.45, 7) is 4.00. The Bertz CT molecular complexity index is 2080. The summed E-state index contributed by atoms with van der Waals surface area (Å²) in [6, 6.07) is 44.5. The molecule has 0 saturated carbocycles. The third-order valence-corrected chi connectivity index (χ3v) is 9.60. The molecule has 5 aromatic carbocycles. The van der Waals surface area contributed by atoms with E-state index in [-0.39, 0.29) is 18.4 Å². The van der Waals surface area contributed by atoms with Gasteiger partial charge in [0.2, 0.25) is 5.91 Å². The summed E-state index contributed by atoms with van der Waals surface area (Å²) >= 11 is 0. The van der Waals surface area contributed by atoms with Gasteiger partial charge in [-0.2, -0.15) is 0 Å². The quantitative estimate of drug-likeness (QED) is 0.0408. The molecule has 56 heavy (non-hydrogen) atoms. The van der Waals surface area contributed by atoms with Crippen molar-refractivity contribution >= 4 is 23.8 Å². The molecule has 1 N–H and O–H groups in total. The van der Waals surface area contributed by atoms with Gasteiger partial charge in [0.1, 0.15) is 11.8 Å². The molecule has 4 unspecified atom stereocenters. The zero-order valence-corrected chi connectivity index (χ0v) is 31.0. The summed E-state index contributed by atoms with van der Waals surface area (Å²) in [6.07, 6.45) is -2.86. The minimum Gasteiger partial charge on any atom is -0.452 e. The first kappa shape index (κ1) is 37.9. The predicted octanol–water partition coefficient (Wildman–Crippen LogP) is 6.80. The molecule has 4 atom stereocenters. The number of likely N-dealkylation sites (tertiary alicyclic amines) is 1. The molecule has 0 bridgehead atoms. The molecule has 7 rings (SSSR count). The summed E-state index contributed by atoms with van der Waals surface area (Å²) in [4.78, 5) is 58.1. The third kappa shape index (κ3) is 8.62. The first-order valence-corrected chi connectivity index (χ1v) is 18.5. The number of carbonyl (C=O) groups excluding carboxylic acids is 4. The van der Waals surface area contributed by atoms with Crippen LogP contribution in [0.2, 0.25) is 0 Å². The Labute approximate surface area is 325 Å². The van der Waals surface area contributed by atoms with Crippen molar-refractivity contribution in [2.45, 2.75) is 50.3 Å². The zero-order chi connectivity index (χ0) is 39.0. The van der Waals surface area contributed by atoms with Crippen LogP contribution in [-0.4, -0.2) is 60.2 Å². The van der Waals surface area contributed by atoms with Crippen LogP contribution in [0.25, 0.3) is 0 Å². The molecule has 10 nitrogen and oxygen atoms in total. The molecular weight excluding hydrogens is 709 g/mol. The van der Waals surface area contributed by atoms with Crippen molar-refractivity contribution in [2.75, 3.05) is 13.2 Å². The predicted molar refractivity (Wildman–Crippen MR) is 207 cm³/mol. The van der Waals surface area contributed by atoms with E-state index in [0.717, 1.165) is 22.3 Å². The Morgan fingerprint density at radius 2 is 1.07 bits per heavy atom. The van der Waals surface area contributed by atoms with Gasteiger partial charge in [-0.05, 0) is 47.2 Å². The smallest absolute Gasteiger partial charge is 0.356 e. The first-order chi connectivity index (χ1) is 27.3. The van der Waals surface area contributed by atoms with E-state index in [1.165, 1.54) is 4.90 Å². The summed E-state index contributed by atoms with van der Waals surface area (Å²) in [5.74, 6) is -4.34. The molecule has 2 heterocycles. The van der Waals surface area contributed by atoms with E-state index >= 15 is 0 Å². The number of nitrogens with one attached hydrogen (secondary N) is 1. The standard InChI is InChI=1S/C46H42N2O8/c1-30(2)39(46(52)56-41(34-24-14-6-15-25-34)35-26-16-7-17-27-35)48-43(50)38(44(48)54-29-36-28-53-36)47-42(49)37(31-18-8-3-9-19-31)45(51)55-40(32-20-10-4-11-21-32)33-22-12-5-13-23-33/h3-27,36-38,40-41,44H,28-29H2,1-2H3,(H,47,49). The summed E-state index contributed by atoms with van der Waals surface area (Å²) in [7, 11) is 0. The van der Waals surface area contributed by atoms with Crippen LogP contribution in [0.4, 0.5) is 0 Å². The van der Waals surface area contributed by atoms with Gasteiger partial charge in [-0.3, -0.25) is 19.3 Å². The first-order valence-electron chi connectivity index (χ1n) is 18.5. The molecule has 284 valence electrons. The van der Waals surface area contributed by atoms with Gasteiger partial charge in [-0.25, -0.2) is 4.79 Å². The number of hydrogen-bond acceptors (Lipinski definition) is 8. The fourth-order valence-corrected chi connectivity index (χ4v) is 6.71. The van der Waals surface area contributed by atoms with Crippen molar-refractivity contribution < 1.29 is 38.1 Å². The maximum Gasteiger partial charge on any atom is 0.356 e. The Hall–Kier alpha value is -6.36. The van der Waals surface area contributed by atoms with Crippen LogP contribution in [0.15, 0.2) is 163 Å². The Balaban J connectivity index is 1.15. The molecule has 5 aromatic rings. The second-order valence-corrected chi connectivity index (χ2v) is 13.8. The number of carbonyl (C=O) groups is 4. The lowest BCUT2D eigenvalue weighted by Gasteiger charge is -2.47. The summed E-state index contributed by atoms with van der Waals surface area (Å²) in [5.41, 5.74) is 3.82. The van der Waals surface area contributed by atoms with Crippen LogP contribution in [0.5, 0.6) is 0 Å². The van der Waals surface area contributed by atoms with Gasteiger partial charge in [0, 0.05) is 0 Å². The number of ether oxygens (including phenoxy) is 4. The zero-order valence-electron chi connectivity index (χ0n) is 31.0. The molecule has 0 radical (unpaired) electrons. The van der Waals surface area contributed by atoms with E-state index in [1.807, 2.05) is 121 Å². The van der Waals surface area contributed by atoms with E-state index in [0.29, 0.717) is 17.7 Å². The Morgan fingerprint density at radius 3 is 1.48 bits per heavy atom. The Kier molecular flexibility index (Phi) is 11.8. The summed E-state index contributed by atoms with van der Waals surface area (Å²) in [5, 5.41) is 2.78. The average molecular weight is 751 g/mol. The van der Waals surface area contributed by atoms with E-state index in [4.69, 9.17) is 18.9 Å². The molecule has 2 aliphatic rings. The lowest BCUT2D eigenvalue weighted by molar-refractivity contribution is -0.184. The monoisotopic (exact) mass is 750 g/mol. The molecule has 2 aliphatic heterocycles. The van der Waals surface area contributed by atoms with E-state index < -0.39 is 54.1 Å². The van der Waals surface area contributed by atoms with E-state index in [2.05, 4.69) is 5.32 Å². The van der Waals surface area contributed by atoms with Gasteiger partial charge in [-0.15, -0.1) is 0 Å². The average Bonchev–Trinajstić information content (AvgIpc) is 4.07. The van der Waals surface area contributed by atoms with Crippen molar-refractivity contribution in [1.82, 2.24) is 10.2 Å². The van der Waals surface area contributed by atoms with Crippen molar-refractivity contribution in [3.8, 4) is 0 Å². The van der Waals surface area contributed by atoms with Gasteiger partial charge >= 0.3 is 11.9 Å². The number of hydrogen-bond donors (Lipinski definition) is 1. The van der Waals surface area contributed by atoms with Crippen molar-refractivity contribution in [1.29, 1.82) is 0 Å². The highest BCUT2D eigenvalue weighted by Crippen LogP contribution is 2.35. The third-order valence-electron chi connectivity index (χ3n) is 9.60. The lowest BCUT2D eigenvalue weighted by Crippen LogP contribution is -2.72. The van der Waals surface area contributed by atoms with Gasteiger partial charge < -0.3 is 24.3 Å². The number of allylic oxidation sites excluding steroid dienone is 1. The van der Waals surface area contributed by atoms with Crippen LogP contribution in [0.1, 0.15) is 59.8 Å². The van der Waals surface area contributed by atoms with Gasteiger partial charge in [0.05, 0.1) is 13.2 Å². The number of benzene rings is 5. The number of esters is 2. The minimum absolute atomic E-state index is 0.00772. The SMILES string of the molecule is CC(C)=C(C(=O)OC(c1ccccc1)c1ccccc1)N1C(=O)C(NC(=O)C(C(=O)OC(c2ccccc2)c2ccccc2)c2ccccc2)C1OCC1CO1. The highest BCUT2D eigenvalue weighted by molar-refractivity contribution is 6.07. The van der Waals surface area contributed by atoms with Crippen molar-refractivity contribution in [3.05, 3.63) is 191 Å². The molecule has 0 spiro atoms. The van der Waals surface area contributed by atoms with Crippen LogP contribution in [0.3, 0.4) is 0 Å². The molecule has 2 saturated heterocycles. The topological polar surface area (TPSA) is 124 Å². The summed E-state index contributed by atoms with van der Waals surface area (Å²) < 4.78 is 23.9. The van der Waals surface area contributed by atoms with Gasteiger partial charge in [0.25, 0.3) is 5.91 Å². The largest absolute Gasteiger partial charge is 0.452 e. The number of β-lactam (4-membered cyclic amide) rings is 1. The minimum atomic E-state index is -1.44. The van der Waals surface area contributed by atoms with Gasteiger partial charge in [0.15, 0.2) is 30.4 Å². The normalized spacial score (nSPS) is 17.8. The second kappa shape index (κ2) is 17.4. The van der Waals surface area contributed by atoms with Crippen LogP contribution in [-0.2, 0) is 38.1 Å². The van der Waals surface area contributed by atoms with Gasteiger partial charge in [-0.1, -0.05) is 152 Å². The molecule has 0 aliphatic carbocycles. The van der Waals surface area contributed by atoms with E-state index in [9.17, 15) is 19.2 Å². The Morgan fingerprint density at radius 1 is 0.661 bits per heavy atom. The van der Waals surface area contributed by atoms with Crippen molar-refractivity contribution in [2.24, 2.45) is 0 Å². The lowest BCUT2D eigenvalue weighted by atomic mass is 9.95. The molecule has 2 amide bonds. The van der Waals surface area contributed by atoms with Crippen LogP contribution >= 0.6 is 0 Å². The van der Waals surface area contributed by atoms with Crippen molar-refractivity contribution in [3.63, 3.8) is 0 Å². The molecule has 0 aromatic heterocycles. The number of rotatable bonds is 15.